The number of nitrogens with one attached hydrogen (secondary N) is 2. The van der Waals surface area contributed by atoms with Gasteiger partial charge < -0.3 is 19.7 Å². The molecule has 0 aliphatic heterocycles. The number of phenolic OH excluding ortho intramolecular Hbond substituents is 2. The second kappa shape index (κ2) is 14.3. The molecule has 12 heteroatoms. The van der Waals surface area contributed by atoms with Gasteiger partial charge in [-0.1, -0.05) is 0 Å². The van der Waals surface area contributed by atoms with Crippen molar-refractivity contribution >= 4 is 56.1 Å². The molecule has 0 spiro atoms. The fourth-order valence-electron chi connectivity index (χ4n) is 2.75. The summed E-state index contributed by atoms with van der Waals surface area (Å²) in [4.78, 5) is 23.9. The van der Waals surface area contributed by atoms with Gasteiger partial charge in [0.25, 0.3) is 0 Å². The molecular weight excluding hydrogens is 588 g/mol. The molecule has 0 saturated carbocycles. The molecule has 0 bridgehead atoms. The zero-order valence-corrected chi connectivity index (χ0v) is 22.3. The zero-order valence-electron chi connectivity index (χ0n) is 19.2. The van der Waals surface area contributed by atoms with Crippen LogP contribution < -0.4 is 20.3 Å². The van der Waals surface area contributed by atoms with Crippen molar-refractivity contribution in [3.63, 3.8) is 0 Å². The van der Waals surface area contributed by atoms with Crippen LogP contribution >= 0.6 is 31.9 Å². The van der Waals surface area contributed by atoms with Crippen LogP contribution in [0.2, 0.25) is 0 Å². The molecule has 0 atom stereocenters. The Balaban J connectivity index is 1.76. The molecule has 0 aliphatic carbocycles. The first-order valence-electron chi connectivity index (χ1n) is 10.7. The Morgan fingerprint density at radius 1 is 0.829 bits per heavy atom. The predicted octanol–water partition coefficient (Wildman–Crippen LogP) is 4.19. The van der Waals surface area contributed by atoms with E-state index in [1.54, 1.807) is 38.1 Å². The standard InChI is InChI=1S/C23H26Br2N4O6/c1-3-34-18-10-14(8-16(24)22(18)32)12-26-28-20(30)6-5-7-21(31)29-27-13-15-9-17(25)23(33)19(11-15)35-4-2/h8-13,32-33H,3-7H2,1-2H3,(H,28,30)(H,29,31)/b26-12+,27-13+. The molecule has 2 amide bonds. The maximum Gasteiger partial charge on any atom is 0.240 e. The summed E-state index contributed by atoms with van der Waals surface area (Å²) in [7, 11) is 0. The minimum Gasteiger partial charge on any atom is -0.503 e. The number of phenols is 2. The van der Waals surface area contributed by atoms with E-state index in [-0.39, 0.29) is 36.2 Å². The number of benzene rings is 2. The van der Waals surface area contributed by atoms with Gasteiger partial charge in [0.15, 0.2) is 23.0 Å². The summed E-state index contributed by atoms with van der Waals surface area (Å²) in [6.45, 7) is 4.38. The molecule has 2 aromatic rings. The summed E-state index contributed by atoms with van der Waals surface area (Å²) in [5.41, 5.74) is 6.02. The van der Waals surface area contributed by atoms with Crippen LogP contribution in [0.3, 0.4) is 0 Å². The third-order valence-corrected chi connectivity index (χ3v) is 5.52. The van der Waals surface area contributed by atoms with Gasteiger partial charge in [0.1, 0.15) is 0 Å². The number of rotatable bonds is 12. The van der Waals surface area contributed by atoms with Crippen LogP contribution in [0.4, 0.5) is 0 Å². The monoisotopic (exact) mass is 612 g/mol. The summed E-state index contributed by atoms with van der Waals surface area (Å²) in [5, 5.41) is 27.6. The minimum absolute atomic E-state index is 0.0122. The number of nitrogens with zero attached hydrogens (tertiary/aromatic N) is 2. The Morgan fingerprint density at radius 3 is 1.60 bits per heavy atom. The van der Waals surface area contributed by atoms with Crippen LogP contribution in [-0.2, 0) is 9.59 Å². The molecule has 0 unspecified atom stereocenters. The van der Waals surface area contributed by atoms with E-state index >= 15 is 0 Å². The molecule has 0 aliphatic rings. The van der Waals surface area contributed by atoms with Crippen molar-refractivity contribution in [3.05, 3.63) is 44.3 Å². The smallest absolute Gasteiger partial charge is 0.240 e. The molecule has 2 aromatic carbocycles. The Labute approximate surface area is 219 Å². The molecule has 2 rings (SSSR count). The first kappa shape index (κ1) is 28.1. The first-order valence-corrected chi connectivity index (χ1v) is 12.3. The maximum absolute atomic E-state index is 12.0. The van der Waals surface area contributed by atoms with Gasteiger partial charge in [-0.25, -0.2) is 10.9 Å². The second-order valence-corrected chi connectivity index (χ2v) is 8.71. The van der Waals surface area contributed by atoms with Crippen LogP contribution in [0.15, 0.2) is 43.4 Å². The molecular formula is C23H26Br2N4O6. The van der Waals surface area contributed by atoms with Gasteiger partial charge in [0.05, 0.1) is 34.6 Å². The highest BCUT2D eigenvalue weighted by atomic mass is 79.9. The number of aromatic hydroxyl groups is 2. The molecule has 0 heterocycles. The lowest BCUT2D eigenvalue weighted by Gasteiger charge is -2.08. The van der Waals surface area contributed by atoms with Gasteiger partial charge in [0.2, 0.25) is 11.8 Å². The van der Waals surface area contributed by atoms with E-state index in [1.807, 2.05) is 0 Å². The number of halogens is 2. The van der Waals surface area contributed by atoms with Crippen LogP contribution in [-0.4, -0.2) is 47.7 Å². The predicted molar refractivity (Wildman–Crippen MR) is 139 cm³/mol. The molecule has 0 saturated heterocycles. The van der Waals surface area contributed by atoms with Crippen molar-refractivity contribution in [3.8, 4) is 23.0 Å². The lowest BCUT2D eigenvalue weighted by Crippen LogP contribution is -2.20. The van der Waals surface area contributed by atoms with Gasteiger partial charge in [-0.3, -0.25) is 9.59 Å². The Bertz CT molecular complexity index is 1020. The number of hydrazone groups is 2. The Morgan fingerprint density at radius 2 is 1.23 bits per heavy atom. The summed E-state index contributed by atoms with van der Waals surface area (Å²) in [5.74, 6) is -0.119. The third-order valence-electron chi connectivity index (χ3n) is 4.31. The van der Waals surface area contributed by atoms with Crippen molar-refractivity contribution in [2.45, 2.75) is 33.1 Å². The highest BCUT2D eigenvalue weighted by Gasteiger charge is 2.10. The van der Waals surface area contributed by atoms with Gasteiger partial charge in [-0.2, -0.15) is 10.2 Å². The fourth-order valence-corrected chi connectivity index (χ4v) is 3.67. The van der Waals surface area contributed by atoms with E-state index in [0.29, 0.717) is 51.2 Å². The largest absolute Gasteiger partial charge is 0.503 e. The van der Waals surface area contributed by atoms with Crippen molar-refractivity contribution < 1.29 is 29.3 Å². The molecule has 0 fully saturated rings. The summed E-state index contributed by atoms with van der Waals surface area (Å²) in [6, 6.07) is 6.46. The van der Waals surface area contributed by atoms with Crippen molar-refractivity contribution in [2.24, 2.45) is 10.2 Å². The number of ether oxygens (including phenoxy) is 2. The molecule has 4 N–H and O–H groups in total. The number of carbonyl (C=O) groups excluding carboxylic acids is 2. The lowest BCUT2D eigenvalue weighted by atomic mass is 10.2. The second-order valence-electron chi connectivity index (χ2n) is 7.00. The van der Waals surface area contributed by atoms with Crippen LogP contribution in [0.25, 0.3) is 0 Å². The SMILES string of the molecule is CCOc1cc(/C=N/NC(=O)CCCC(=O)N/N=C/c2cc(Br)c(O)c(OCC)c2)cc(Br)c1O. The molecule has 0 radical (unpaired) electrons. The maximum atomic E-state index is 12.0. The first-order chi connectivity index (χ1) is 16.7. The molecule has 188 valence electrons. The summed E-state index contributed by atoms with van der Waals surface area (Å²) in [6.07, 6.45) is 3.34. The van der Waals surface area contributed by atoms with Gasteiger partial charge in [-0.05, 0) is 87.5 Å². The Kier molecular flexibility index (Phi) is 11.5. The number of amides is 2. The van der Waals surface area contributed by atoms with Gasteiger partial charge in [-0.15, -0.1) is 0 Å². The quantitative estimate of drug-likeness (QED) is 0.209. The minimum atomic E-state index is -0.349. The van der Waals surface area contributed by atoms with E-state index < -0.39 is 0 Å². The summed E-state index contributed by atoms with van der Waals surface area (Å²) < 4.78 is 11.6. The normalized spacial score (nSPS) is 11.1. The molecule has 10 nitrogen and oxygen atoms in total. The van der Waals surface area contributed by atoms with E-state index in [0.717, 1.165) is 0 Å². The number of hydrogen-bond acceptors (Lipinski definition) is 8. The van der Waals surface area contributed by atoms with E-state index in [4.69, 9.17) is 9.47 Å². The highest BCUT2D eigenvalue weighted by molar-refractivity contribution is 9.10. The Hall–Kier alpha value is -3.12. The van der Waals surface area contributed by atoms with Crippen LogP contribution in [0, 0.1) is 0 Å². The summed E-state index contributed by atoms with van der Waals surface area (Å²) >= 11 is 6.47. The number of carbonyl (C=O) groups is 2. The van der Waals surface area contributed by atoms with E-state index in [9.17, 15) is 19.8 Å². The number of hydrogen-bond donors (Lipinski definition) is 4. The molecule has 35 heavy (non-hydrogen) atoms. The highest BCUT2D eigenvalue weighted by Crippen LogP contribution is 2.35. The van der Waals surface area contributed by atoms with Crippen LogP contribution in [0.5, 0.6) is 23.0 Å². The van der Waals surface area contributed by atoms with Crippen molar-refractivity contribution in [1.29, 1.82) is 0 Å². The average molecular weight is 614 g/mol. The van der Waals surface area contributed by atoms with Crippen molar-refractivity contribution in [1.82, 2.24) is 10.9 Å². The fraction of sp³-hybridized carbons (Fsp3) is 0.304. The van der Waals surface area contributed by atoms with Crippen LogP contribution in [0.1, 0.15) is 44.2 Å². The van der Waals surface area contributed by atoms with Gasteiger partial charge in [0, 0.05) is 12.8 Å². The average Bonchev–Trinajstić information content (AvgIpc) is 2.80. The van der Waals surface area contributed by atoms with E-state index in [1.165, 1.54) is 12.4 Å². The van der Waals surface area contributed by atoms with E-state index in [2.05, 4.69) is 52.9 Å². The van der Waals surface area contributed by atoms with Gasteiger partial charge >= 0.3 is 0 Å². The third kappa shape index (κ3) is 9.21. The lowest BCUT2D eigenvalue weighted by molar-refractivity contribution is -0.122. The van der Waals surface area contributed by atoms with Crippen molar-refractivity contribution in [2.75, 3.05) is 13.2 Å². The molecule has 0 aromatic heterocycles. The zero-order chi connectivity index (χ0) is 25.8. The topological polar surface area (TPSA) is 142 Å².